The molecule has 0 radical (unpaired) electrons. The summed E-state index contributed by atoms with van der Waals surface area (Å²) >= 11 is 0. The Kier molecular flexibility index (Phi) is 4.54. The summed E-state index contributed by atoms with van der Waals surface area (Å²) in [6.45, 7) is 6.05. The Balaban J connectivity index is 1.66. The van der Waals surface area contributed by atoms with Gasteiger partial charge in [0.1, 0.15) is 5.60 Å². The third kappa shape index (κ3) is 3.28. The van der Waals surface area contributed by atoms with Crippen molar-refractivity contribution in [1.82, 2.24) is 9.47 Å². The number of rotatable bonds is 3. The first-order chi connectivity index (χ1) is 14.6. The van der Waals surface area contributed by atoms with Crippen LogP contribution in [0.4, 0.5) is 13.2 Å². The van der Waals surface area contributed by atoms with Crippen LogP contribution in [0, 0.1) is 13.8 Å². The molecule has 3 nitrogen and oxygen atoms in total. The van der Waals surface area contributed by atoms with Crippen LogP contribution in [-0.4, -0.2) is 26.9 Å². The van der Waals surface area contributed by atoms with Crippen molar-refractivity contribution >= 4 is 10.9 Å². The molecule has 2 aliphatic heterocycles. The molecular formula is C25H27F3N2O. The number of hydrogen-bond donors (Lipinski definition) is 1. The monoisotopic (exact) mass is 428 g/mol. The van der Waals surface area contributed by atoms with E-state index in [1.807, 2.05) is 56.3 Å². The van der Waals surface area contributed by atoms with Gasteiger partial charge in [-0.2, -0.15) is 13.2 Å². The third-order valence-electron chi connectivity index (χ3n) is 7.07. The highest BCUT2D eigenvalue weighted by molar-refractivity contribution is 5.87. The lowest BCUT2D eigenvalue weighted by atomic mass is 9.94. The standard InChI is InChI=1S/C25H27F3N2O/c1-15-4-7-17(8-5-15)24(3,31)14-29-20-10-6-16(2)12-19(20)23-21-11-9-18(13-22(23)29)30(21)25(26,27)28/h4-8,10,12,18,21,31H,9,11,13-14H2,1-3H3. The van der Waals surface area contributed by atoms with E-state index in [0.29, 0.717) is 25.8 Å². The SMILES string of the molecule is Cc1ccc(C(C)(O)Cn2c3c(c4cc(C)ccc42)C2CCC(C3)N2C(F)(F)F)cc1. The Morgan fingerprint density at radius 2 is 1.68 bits per heavy atom. The Labute approximate surface area is 180 Å². The summed E-state index contributed by atoms with van der Waals surface area (Å²) in [6.07, 6.45) is -2.93. The van der Waals surface area contributed by atoms with Gasteiger partial charge in [0.05, 0.1) is 6.54 Å². The van der Waals surface area contributed by atoms with Crippen LogP contribution in [-0.2, 0) is 18.6 Å². The van der Waals surface area contributed by atoms with E-state index >= 15 is 0 Å². The number of hydrogen-bond acceptors (Lipinski definition) is 2. The van der Waals surface area contributed by atoms with Gasteiger partial charge in [-0.05, 0) is 56.9 Å². The Morgan fingerprint density at radius 1 is 1.00 bits per heavy atom. The van der Waals surface area contributed by atoms with Gasteiger partial charge >= 0.3 is 6.30 Å². The largest absolute Gasteiger partial charge is 0.460 e. The number of alkyl halides is 3. The van der Waals surface area contributed by atoms with Crippen molar-refractivity contribution in [3.05, 3.63) is 70.4 Å². The molecule has 164 valence electrons. The molecule has 0 aliphatic carbocycles. The summed E-state index contributed by atoms with van der Waals surface area (Å²) in [5.41, 5.74) is 4.44. The van der Waals surface area contributed by atoms with Gasteiger partial charge in [-0.3, -0.25) is 0 Å². The molecule has 0 saturated carbocycles. The summed E-state index contributed by atoms with van der Waals surface area (Å²) in [5.74, 6) is 0. The van der Waals surface area contributed by atoms with Crippen LogP contribution in [0.3, 0.4) is 0 Å². The molecule has 1 N–H and O–H groups in total. The van der Waals surface area contributed by atoms with E-state index < -0.39 is 24.0 Å². The van der Waals surface area contributed by atoms with E-state index in [1.54, 1.807) is 6.92 Å². The molecule has 2 aliphatic rings. The van der Waals surface area contributed by atoms with E-state index in [1.165, 1.54) is 0 Å². The minimum absolute atomic E-state index is 0.302. The number of aryl methyl sites for hydroxylation is 2. The molecule has 3 unspecified atom stereocenters. The molecule has 3 atom stereocenters. The average molecular weight is 428 g/mol. The van der Waals surface area contributed by atoms with Crippen molar-refractivity contribution < 1.29 is 18.3 Å². The third-order valence-corrected chi connectivity index (χ3v) is 7.07. The number of halogens is 3. The smallest absolute Gasteiger partial charge is 0.384 e. The van der Waals surface area contributed by atoms with Gasteiger partial charge in [-0.1, -0.05) is 41.5 Å². The van der Waals surface area contributed by atoms with Crippen LogP contribution in [0.1, 0.15) is 53.8 Å². The molecule has 1 aromatic heterocycles. The number of aliphatic hydroxyl groups is 1. The quantitative estimate of drug-likeness (QED) is 0.539. The molecule has 1 saturated heterocycles. The molecule has 2 aromatic carbocycles. The summed E-state index contributed by atoms with van der Waals surface area (Å²) in [7, 11) is 0. The highest BCUT2D eigenvalue weighted by Crippen LogP contribution is 2.52. The zero-order valence-electron chi connectivity index (χ0n) is 18.0. The van der Waals surface area contributed by atoms with Crippen LogP contribution in [0.25, 0.3) is 10.9 Å². The highest BCUT2D eigenvalue weighted by Gasteiger charge is 2.54. The predicted molar refractivity (Wildman–Crippen MR) is 115 cm³/mol. The topological polar surface area (TPSA) is 28.4 Å². The van der Waals surface area contributed by atoms with Crippen LogP contribution in [0.15, 0.2) is 42.5 Å². The van der Waals surface area contributed by atoms with Crippen molar-refractivity contribution in [2.45, 2.75) is 70.6 Å². The maximum absolute atomic E-state index is 13.9. The van der Waals surface area contributed by atoms with Crippen LogP contribution < -0.4 is 0 Å². The molecule has 0 spiro atoms. The van der Waals surface area contributed by atoms with Gasteiger partial charge in [-0.25, -0.2) is 4.90 Å². The molecule has 1 fully saturated rings. The predicted octanol–water partition coefficient (Wildman–Crippen LogP) is 5.75. The maximum Gasteiger partial charge on any atom is 0.460 e. The Morgan fingerprint density at radius 3 is 2.35 bits per heavy atom. The molecule has 2 bridgehead atoms. The molecule has 0 amide bonds. The van der Waals surface area contributed by atoms with E-state index in [2.05, 4.69) is 4.57 Å². The van der Waals surface area contributed by atoms with Gasteiger partial charge in [0.2, 0.25) is 0 Å². The molecule has 3 aromatic rings. The van der Waals surface area contributed by atoms with Gasteiger partial charge in [-0.15, -0.1) is 0 Å². The lowest BCUT2D eigenvalue weighted by Crippen LogP contribution is -2.47. The van der Waals surface area contributed by atoms with Gasteiger partial charge in [0.25, 0.3) is 0 Å². The highest BCUT2D eigenvalue weighted by atomic mass is 19.4. The molecule has 5 rings (SSSR count). The molecule has 6 heteroatoms. The molecule has 3 heterocycles. The minimum Gasteiger partial charge on any atom is -0.384 e. The van der Waals surface area contributed by atoms with Crippen molar-refractivity contribution in [1.29, 1.82) is 0 Å². The van der Waals surface area contributed by atoms with Crippen molar-refractivity contribution in [3.8, 4) is 0 Å². The number of nitrogens with zero attached hydrogens (tertiary/aromatic N) is 2. The fourth-order valence-electron chi connectivity index (χ4n) is 5.61. The summed E-state index contributed by atoms with van der Waals surface area (Å²) < 4.78 is 43.7. The zero-order valence-corrected chi connectivity index (χ0v) is 18.0. The Hall–Kier alpha value is -2.31. The molecular weight excluding hydrogens is 401 g/mol. The lowest BCUT2D eigenvalue weighted by molar-refractivity contribution is -0.265. The number of aromatic nitrogens is 1. The second-order valence-electron chi connectivity index (χ2n) is 9.43. The second-order valence-corrected chi connectivity index (χ2v) is 9.43. The van der Waals surface area contributed by atoms with Crippen LogP contribution in [0.2, 0.25) is 0 Å². The normalized spacial score (nSPS) is 23.2. The number of benzene rings is 2. The molecule has 31 heavy (non-hydrogen) atoms. The zero-order chi connectivity index (χ0) is 22.1. The first kappa shape index (κ1) is 20.6. The first-order valence-electron chi connectivity index (χ1n) is 10.8. The van der Waals surface area contributed by atoms with Crippen molar-refractivity contribution in [3.63, 3.8) is 0 Å². The van der Waals surface area contributed by atoms with Gasteiger partial charge < -0.3 is 9.67 Å². The number of fused-ring (bicyclic) bond motifs is 6. The van der Waals surface area contributed by atoms with E-state index in [9.17, 15) is 18.3 Å². The average Bonchev–Trinajstić information content (AvgIpc) is 3.16. The van der Waals surface area contributed by atoms with E-state index in [4.69, 9.17) is 0 Å². The lowest BCUT2D eigenvalue weighted by Gasteiger charge is -2.37. The summed E-state index contributed by atoms with van der Waals surface area (Å²) in [4.78, 5) is 0.763. The summed E-state index contributed by atoms with van der Waals surface area (Å²) in [6, 6.07) is 12.6. The van der Waals surface area contributed by atoms with Crippen molar-refractivity contribution in [2.24, 2.45) is 0 Å². The maximum atomic E-state index is 13.9. The second kappa shape index (κ2) is 6.84. The van der Waals surface area contributed by atoms with E-state index in [-0.39, 0.29) is 0 Å². The minimum atomic E-state index is -4.34. The Bertz CT molecular complexity index is 1140. The van der Waals surface area contributed by atoms with E-state index in [0.717, 1.165) is 43.8 Å². The summed E-state index contributed by atoms with van der Waals surface area (Å²) in [5, 5.41) is 12.3. The first-order valence-corrected chi connectivity index (χ1v) is 10.8. The fraction of sp³-hybridized carbons (Fsp3) is 0.440. The van der Waals surface area contributed by atoms with Gasteiger partial charge in [0.15, 0.2) is 0 Å². The fourth-order valence-corrected chi connectivity index (χ4v) is 5.61. The van der Waals surface area contributed by atoms with Gasteiger partial charge in [0, 0.05) is 35.1 Å². The van der Waals surface area contributed by atoms with Crippen LogP contribution >= 0.6 is 0 Å². The van der Waals surface area contributed by atoms with Crippen molar-refractivity contribution in [2.75, 3.05) is 0 Å². The van der Waals surface area contributed by atoms with Crippen LogP contribution in [0.5, 0.6) is 0 Å².